The Balaban J connectivity index is 3.91. The minimum absolute atomic E-state index is 0.238. The lowest BCUT2D eigenvalue weighted by Crippen LogP contribution is -2.33. The van der Waals surface area contributed by atoms with Gasteiger partial charge in [0.2, 0.25) is 0 Å². The molecule has 48 valence electrons. The molecule has 0 aromatic carbocycles. The Morgan fingerprint density at radius 3 is 2.12 bits per heavy atom. The fraction of sp³-hybridized carbons (Fsp3) is 0.800. The minimum Gasteiger partial charge on any atom is -0.479 e. The molecule has 1 atom stereocenters. The van der Waals surface area contributed by atoms with Gasteiger partial charge in [0, 0.05) is 0 Å². The summed E-state index contributed by atoms with van der Waals surface area (Å²) in [6.07, 6.45) is 0.238. The van der Waals surface area contributed by atoms with Crippen molar-refractivity contribution in [2.45, 2.75) is 25.9 Å². The van der Waals surface area contributed by atoms with E-state index in [0.29, 0.717) is 0 Å². The number of aliphatic hydroxyl groups is 1. The standard InChI is InChI=1S/C5H10O3/c1-3-5(2,8)4(6)7/h8H,3H2,1-2H3,(H,6,7)/t5-/m0/s1. The summed E-state index contributed by atoms with van der Waals surface area (Å²) in [6, 6.07) is 0. The van der Waals surface area contributed by atoms with E-state index < -0.39 is 11.6 Å². The summed E-state index contributed by atoms with van der Waals surface area (Å²) >= 11 is 0. The second-order valence-electron chi connectivity index (χ2n) is 1.93. The van der Waals surface area contributed by atoms with Crippen LogP contribution < -0.4 is 0 Å². The topological polar surface area (TPSA) is 57.5 Å². The number of carboxylic acid groups (broad SMARTS) is 1. The molecule has 0 unspecified atom stereocenters. The average Bonchev–Trinajstić information content (AvgIpc) is 1.67. The highest BCUT2D eigenvalue weighted by Gasteiger charge is 2.26. The van der Waals surface area contributed by atoms with Crippen LogP contribution >= 0.6 is 0 Å². The van der Waals surface area contributed by atoms with Crippen molar-refractivity contribution in [1.82, 2.24) is 0 Å². The van der Waals surface area contributed by atoms with Gasteiger partial charge in [-0.1, -0.05) is 6.92 Å². The van der Waals surface area contributed by atoms with E-state index in [2.05, 4.69) is 0 Å². The molecule has 0 saturated heterocycles. The van der Waals surface area contributed by atoms with Crippen LogP contribution in [0.3, 0.4) is 0 Å². The van der Waals surface area contributed by atoms with Crippen molar-refractivity contribution in [3.8, 4) is 0 Å². The van der Waals surface area contributed by atoms with Crippen molar-refractivity contribution < 1.29 is 15.0 Å². The first-order valence-corrected chi connectivity index (χ1v) is 2.46. The molecule has 3 heteroatoms. The molecule has 0 heterocycles. The molecule has 0 aliphatic carbocycles. The number of hydrogen-bond acceptors (Lipinski definition) is 2. The predicted molar refractivity (Wildman–Crippen MR) is 28.6 cm³/mol. The van der Waals surface area contributed by atoms with E-state index in [0.717, 1.165) is 0 Å². The smallest absolute Gasteiger partial charge is 0.335 e. The maximum Gasteiger partial charge on any atom is 0.335 e. The van der Waals surface area contributed by atoms with Crippen LogP contribution in [-0.4, -0.2) is 21.8 Å². The molecule has 0 saturated carbocycles. The van der Waals surface area contributed by atoms with E-state index in [9.17, 15) is 4.79 Å². The van der Waals surface area contributed by atoms with Crippen LogP contribution in [0.5, 0.6) is 0 Å². The summed E-state index contributed by atoms with van der Waals surface area (Å²) in [5.41, 5.74) is -1.54. The predicted octanol–water partition coefficient (Wildman–Crippen LogP) is 0.232. The molecule has 0 bridgehead atoms. The molecule has 0 rings (SSSR count). The van der Waals surface area contributed by atoms with Crippen LogP contribution in [0.25, 0.3) is 0 Å². The third-order valence-electron chi connectivity index (χ3n) is 1.15. The number of hydrogen-bond donors (Lipinski definition) is 2. The van der Waals surface area contributed by atoms with Crippen molar-refractivity contribution in [3.05, 3.63) is 0 Å². The van der Waals surface area contributed by atoms with Gasteiger partial charge in [0.1, 0.15) is 0 Å². The molecule has 0 aliphatic heterocycles. The Bertz CT molecular complexity index is 95.8. The van der Waals surface area contributed by atoms with Gasteiger partial charge < -0.3 is 10.2 Å². The first-order chi connectivity index (χ1) is 3.50. The maximum atomic E-state index is 10.0. The van der Waals surface area contributed by atoms with Gasteiger partial charge in [0.15, 0.2) is 5.60 Å². The first kappa shape index (κ1) is 7.43. The maximum absolute atomic E-state index is 10.0. The Kier molecular flexibility index (Phi) is 1.98. The van der Waals surface area contributed by atoms with Gasteiger partial charge in [-0.25, -0.2) is 4.79 Å². The Morgan fingerprint density at radius 2 is 2.12 bits per heavy atom. The Labute approximate surface area is 47.9 Å². The van der Waals surface area contributed by atoms with Crippen molar-refractivity contribution in [1.29, 1.82) is 0 Å². The Morgan fingerprint density at radius 1 is 1.75 bits per heavy atom. The Hall–Kier alpha value is -0.570. The highest BCUT2D eigenvalue weighted by atomic mass is 16.4. The van der Waals surface area contributed by atoms with Crippen LogP contribution in [0, 0.1) is 0 Å². The molecule has 0 aliphatic rings. The van der Waals surface area contributed by atoms with Gasteiger partial charge >= 0.3 is 5.97 Å². The summed E-state index contributed by atoms with van der Waals surface area (Å²) in [4.78, 5) is 10.0. The van der Waals surface area contributed by atoms with Gasteiger partial charge in [-0.05, 0) is 13.3 Å². The van der Waals surface area contributed by atoms with E-state index in [4.69, 9.17) is 10.2 Å². The number of carboxylic acids is 1. The van der Waals surface area contributed by atoms with Crippen LogP contribution in [0.4, 0.5) is 0 Å². The lowest BCUT2D eigenvalue weighted by atomic mass is 10.1. The van der Waals surface area contributed by atoms with Crippen LogP contribution in [0.2, 0.25) is 0 Å². The first-order valence-electron chi connectivity index (χ1n) is 2.46. The fourth-order valence-corrected chi connectivity index (χ4v) is 0.151. The van der Waals surface area contributed by atoms with Gasteiger partial charge in [0.05, 0.1) is 0 Å². The van der Waals surface area contributed by atoms with Gasteiger partial charge in [-0.3, -0.25) is 0 Å². The molecule has 0 radical (unpaired) electrons. The second kappa shape index (κ2) is 2.13. The van der Waals surface area contributed by atoms with Gasteiger partial charge in [-0.2, -0.15) is 0 Å². The third-order valence-corrected chi connectivity index (χ3v) is 1.15. The van der Waals surface area contributed by atoms with E-state index in [1.54, 1.807) is 6.92 Å². The van der Waals surface area contributed by atoms with Crippen LogP contribution in [0.15, 0.2) is 0 Å². The molecule has 3 nitrogen and oxygen atoms in total. The highest BCUT2D eigenvalue weighted by Crippen LogP contribution is 2.06. The number of carbonyl (C=O) groups is 1. The third kappa shape index (κ3) is 1.50. The number of aliphatic carboxylic acids is 1. The zero-order valence-corrected chi connectivity index (χ0v) is 5.01. The highest BCUT2D eigenvalue weighted by molar-refractivity contribution is 5.76. The van der Waals surface area contributed by atoms with E-state index in [-0.39, 0.29) is 6.42 Å². The zero-order chi connectivity index (χ0) is 6.78. The van der Waals surface area contributed by atoms with Crippen molar-refractivity contribution in [3.63, 3.8) is 0 Å². The lowest BCUT2D eigenvalue weighted by molar-refractivity contribution is -0.156. The monoisotopic (exact) mass is 118 g/mol. The second-order valence-corrected chi connectivity index (χ2v) is 1.93. The summed E-state index contributed by atoms with van der Waals surface area (Å²) in [5, 5.41) is 17.0. The molecule has 0 aromatic heterocycles. The minimum atomic E-state index is -1.54. The molecule has 0 fully saturated rings. The lowest BCUT2D eigenvalue weighted by Gasteiger charge is -2.13. The normalized spacial score (nSPS) is 17.4. The largest absolute Gasteiger partial charge is 0.479 e. The van der Waals surface area contributed by atoms with Gasteiger partial charge in [0.25, 0.3) is 0 Å². The van der Waals surface area contributed by atoms with E-state index in [1.807, 2.05) is 0 Å². The van der Waals surface area contributed by atoms with Crippen molar-refractivity contribution >= 4 is 5.97 Å². The quantitative estimate of drug-likeness (QED) is 0.545. The molecule has 0 amide bonds. The van der Waals surface area contributed by atoms with Crippen molar-refractivity contribution in [2.24, 2.45) is 0 Å². The molecule has 0 aromatic rings. The van der Waals surface area contributed by atoms with E-state index >= 15 is 0 Å². The SMILES string of the molecule is CC[C@](C)(O)C(=O)O. The van der Waals surface area contributed by atoms with Crippen LogP contribution in [0.1, 0.15) is 20.3 Å². The fourth-order valence-electron chi connectivity index (χ4n) is 0.151. The summed E-state index contributed by atoms with van der Waals surface area (Å²) in [6.45, 7) is 2.89. The van der Waals surface area contributed by atoms with Crippen molar-refractivity contribution in [2.75, 3.05) is 0 Å². The summed E-state index contributed by atoms with van der Waals surface area (Å²) < 4.78 is 0. The zero-order valence-electron chi connectivity index (χ0n) is 5.01. The van der Waals surface area contributed by atoms with E-state index in [1.165, 1.54) is 6.92 Å². The van der Waals surface area contributed by atoms with Crippen LogP contribution in [-0.2, 0) is 4.79 Å². The summed E-state index contributed by atoms with van der Waals surface area (Å²) in [7, 11) is 0. The molecular formula is C5H10O3. The number of rotatable bonds is 2. The average molecular weight is 118 g/mol. The summed E-state index contributed by atoms with van der Waals surface area (Å²) in [5.74, 6) is -1.17. The molecular weight excluding hydrogens is 108 g/mol. The molecule has 0 spiro atoms. The molecule has 8 heavy (non-hydrogen) atoms. The molecule has 2 N–H and O–H groups in total. The van der Waals surface area contributed by atoms with Gasteiger partial charge in [-0.15, -0.1) is 0 Å².